The Hall–Kier alpha value is -1.76. The molecule has 0 aromatic heterocycles. The summed E-state index contributed by atoms with van der Waals surface area (Å²) in [6, 6.07) is 2.70. The predicted octanol–water partition coefficient (Wildman–Crippen LogP) is 2.82. The number of carbonyl (C=O) groups excluding carboxylic acids is 2. The van der Waals surface area contributed by atoms with Crippen LogP contribution in [0.4, 0.5) is 18.9 Å². The van der Waals surface area contributed by atoms with Crippen LogP contribution in [-0.2, 0) is 15.8 Å². The maximum atomic E-state index is 12.6. The summed E-state index contributed by atoms with van der Waals surface area (Å²) in [5.74, 6) is -1.33. The van der Waals surface area contributed by atoms with Crippen LogP contribution in [0.2, 0.25) is 5.02 Å². The van der Waals surface area contributed by atoms with Crippen molar-refractivity contribution in [3.8, 4) is 0 Å². The molecule has 0 radical (unpaired) electrons. The van der Waals surface area contributed by atoms with Gasteiger partial charge in [-0.25, -0.2) is 0 Å². The standard InChI is InChI=1S/C13H12ClF3N2O2/c14-9-2-1-8(13(15,16)17)6-10(9)19-12(21)7-3-4-18-11(20)5-7/h1-2,6-7H,3-5H2,(H,18,20)(H,19,21). The summed E-state index contributed by atoms with van der Waals surface area (Å²) >= 11 is 5.80. The summed E-state index contributed by atoms with van der Waals surface area (Å²) in [6.45, 7) is 0.368. The first-order chi connectivity index (χ1) is 9.77. The van der Waals surface area contributed by atoms with Crippen molar-refractivity contribution in [1.82, 2.24) is 5.32 Å². The fourth-order valence-electron chi connectivity index (χ4n) is 2.04. The van der Waals surface area contributed by atoms with Gasteiger partial charge in [0.1, 0.15) is 0 Å². The highest BCUT2D eigenvalue weighted by Crippen LogP contribution is 2.34. The minimum Gasteiger partial charge on any atom is -0.356 e. The van der Waals surface area contributed by atoms with Crippen LogP contribution in [0.25, 0.3) is 0 Å². The van der Waals surface area contributed by atoms with E-state index in [1.165, 1.54) is 0 Å². The van der Waals surface area contributed by atoms with Gasteiger partial charge in [-0.15, -0.1) is 0 Å². The van der Waals surface area contributed by atoms with Gasteiger partial charge in [0.15, 0.2) is 0 Å². The quantitative estimate of drug-likeness (QED) is 0.880. The molecule has 2 rings (SSSR count). The molecule has 4 nitrogen and oxygen atoms in total. The number of hydrogen-bond acceptors (Lipinski definition) is 2. The second-order valence-electron chi connectivity index (χ2n) is 4.72. The zero-order chi connectivity index (χ0) is 15.6. The number of anilines is 1. The topological polar surface area (TPSA) is 58.2 Å². The molecule has 1 unspecified atom stereocenters. The Kier molecular flexibility index (Phi) is 4.41. The number of nitrogens with one attached hydrogen (secondary N) is 2. The summed E-state index contributed by atoms with van der Waals surface area (Å²) < 4.78 is 37.9. The van der Waals surface area contributed by atoms with Gasteiger partial charge in [0, 0.05) is 18.9 Å². The van der Waals surface area contributed by atoms with E-state index >= 15 is 0 Å². The summed E-state index contributed by atoms with van der Waals surface area (Å²) in [4.78, 5) is 23.2. The Morgan fingerprint density at radius 3 is 2.71 bits per heavy atom. The molecule has 1 aromatic carbocycles. The fourth-order valence-corrected chi connectivity index (χ4v) is 2.20. The van der Waals surface area contributed by atoms with Crippen LogP contribution in [0.1, 0.15) is 18.4 Å². The highest BCUT2D eigenvalue weighted by Gasteiger charge is 2.32. The fraction of sp³-hybridized carbons (Fsp3) is 0.385. The van der Waals surface area contributed by atoms with E-state index in [1.807, 2.05) is 0 Å². The van der Waals surface area contributed by atoms with Gasteiger partial charge >= 0.3 is 6.18 Å². The summed E-state index contributed by atoms with van der Waals surface area (Å²) in [7, 11) is 0. The van der Waals surface area contributed by atoms with E-state index in [4.69, 9.17) is 11.6 Å². The van der Waals surface area contributed by atoms with Crippen molar-refractivity contribution < 1.29 is 22.8 Å². The molecule has 0 bridgehead atoms. The predicted molar refractivity (Wildman–Crippen MR) is 70.8 cm³/mol. The van der Waals surface area contributed by atoms with Gasteiger partial charge in [-0.3, -0.25) is 9.59 Å². The molecule has 0 aliphatic carbocycles. The van der Waals surface area contributed by atoms with Gasteiger partial charge in [0.25, 0.3) is 0 Å². The minimum absolute atomic E-state index is 0.0108. The number of piperidine rings is 1. The van der Waals surface area contributed by atoms with Crippen LogP contribution < -0.4 is 10.6 Å². The number of hydrogen-bond donors (Lipinski definition) is 2. The van der Waals surface area contributed by atoms with Crippen LogP contribution in [0.5, 0.6) is 0 Å². The Labute approximate surface area is 123 Å². The Morgan fingerprint density at radius 2 is 2.10 bits per heavy atom. The first kappa shape index (κ1) is 15.6. The van der Waals surface area contributed by atoms with E-state index in [9.17, 15) is 22.8 Å². The molecule has 1 aromatic rings. The Bertz CT molecular complexity index is 575. The molecule has 1 aliphatic heterocycles. The second-order valence-corrected chi connectivity index (χ2v) is 5.13. The maximum absolute atomic E-state index is 12.6. The van der Waals surface area contributed by atoms with E-state index in [-0.39, 0.29) is 23.0 Å². The Balaban J connectivity index is 2.15. The first-order valence-corrected chi connectivity index (χ1v) is 6.59. The van der Waals surface area contributed by atoms with Gasteiger partial charge in [-0.1, -0.05) is 11.6 Å². The van der Waals surface area contributed by atoms with Gasteiger partial charge < -0.3 is 10.6 Å². The first-order valence-electron chi connectivity index (χ1n) is 6.21. The van der Waals surface area contributed by atoms with Gasteiger partial charge in [0.2, 0.25) is 11.8 Å². The zero-order valence-electron chi connectivity index (χ0n) is 10.8. The average molecular weight is 321 g/mol. The number of amides is 2. The van der Waals surface area contributed by atoms with Crippen LogP contribution in [0, 0.1) is 5.92 Å². The van der Waals surface area contributed by atoms with Crippen LogP contribution in [-0.4, -0.2) is 18.4 Å². The van der Waals surface area contributed by atoms with E-state index in [2.05, 4.69) is 10.6 Å². The maximum Gasteiger partial charge on any atom is 0.416 e. The van der Waals surface area contributed by atoms with Crippen LogP contribution >= 0.6 is 11.6 Å². The molecule has 1 saturated heterocycles. The van der Waals surface area contributed by atoms with Crippen LogP contribution in [0.15, 0.2) is 18.2 Å². The van der Waals surface area contributed by atoms with Gasteiger partial charge in [-0.2, -0.15) is 13.2 Å². The molecule has 1 aliphatic rings. The Morgan fingerprint density at radius 1 is 1.38 bits per heavy atom. The zero-order valence-corrected chi connectivity index (χ0v) is 11.5. The summed E-state index contributed by atoms with van der Waals surface area (Å²) in [5.41, 5.74) is -1.01. The lowest BCUT2D eigenvalue weighted by Crippen LogP contribution is -2.38. The molecular formula is C13H12ClF3N2O2. The normalized spacial score (nSPS) is 19.0. The minimum atomic E-state index is -4.52. The molecule has 0 spiro atoms. The molecule has 21 heavy (non-hydrogen) atoms. The monoisotopic (exact) mass is 320 g/mol. The lowest BCUT2D eigenvalue weighted by Gasteiger charge is -2.21. The molecule has 1 fully saturated rings. The number of rotatable bonds is 2. The lowest BCUT2D eigenvalue weighted by atomic mass is 9.96. The molecule has 8 heteroatoms. The van der Waals surface area contributed by atoms with Gasteiger partial charge in [0.05, 0.1) is 16.3 Å². The van der Waals surface area contributed by atoms with Gasteiger partial charge in [-0.05, 0) is 24.6 Å². The molecule has 0 saturated carbocycles. The van der Waals surface area contributed by atoms with Crippen molar-refractivity contribution in [3.05, 3.63) is 28.8 Å². The smallest absolute Gasteiger partial charge is 0.356 e. The summed E-state index contributed by atoms with van der Waals surface area (Å²) in [5, 5.41) is 4.95. The van der Waals surface area contributed by atoms with E-state index < -0.39 is 23.6 Å². The van der Waals surface area contributed by atoms with Crippen molar-refractivity contribution in [1.29, 1.82) is 0 Å². The lowest BCUT2D eigenvalue weighted by molar-refractivity contribution is -0.137. The van der Waals surface area contributed by atoms with Crippen molar-refractivity contribution in [3.63, 3.8) is 0 Å². The highest BCUT2D eigenvalue weighted by atomic mass is 35.5. The summed E-state index contributed by atoms with van der Waals surface area (Å²) in [6.07, 6.45) is -4.06. The highest BCUT2D eigenvalue weighted by molar-refractivity contribution is 6.33. The molecule has 1 heterocycles. The van der Waals surface area contributed by atoms with Crippen molar-refractivity contribution >= 4 is 29.1 Å². The number of carbonyl (C=O) groups is 2. The third-order valence-corrected chi connectivity index (χ3v) is 3.50. The van der Waals surface area contributed by atoms with Crippen molar-refractivity contribution in [2.24, 2.45) is 5.92 Å². The van der Waals surface area contributed by atoms with Crippen molar-refractivity contribution in [2.75, 3.05) is 11.9 Å². The SMILES string of the molecule is O=C1CC(C(=O)Nc2cc(C(F)(F)F)ccc2Cl)CCN1. The number of halogens is 4. The van der Waals surface area contributed by atoms with Crippen LogP contribution in [0.3, 0.4) is 0 Å². The van der Waals surface area contributed by atoms with Crippen molar-refractivity contribution in [2.45, 2.75) is 19.0 Å². The largest absolute Gasteiger partial charge is 0.416 e. The van der Waals surface area contributed by atoms with E-state index in [0.29, 0.717) is 13.0 Å². The van der Waals surface area contributed by atoms with E-state index in [1.54, 1.807) is 0 Å². The molecular weight excluding hydrogens is 309 g/mol. The third-order valence-electron chi connectivity index (χ3n) is 3.17. The molecule has 1 atom stereocenters. The third kappa shape index (κ3) is 3.87. The molecule has 114 valence electrons. The average Bonchev–Trinajstić information content (AvgIpc) is 2.40. The van der Waals surface area contributed by atoms with E-state index in [0.717, 1.165) is 18.2 Å². The second kappa shape index (κ2) is 5.93. The molecule has 2 amide bonds. The number of alkyl halides is 3. The molecule has 2 N–H and O–H groups in total. The number of benzene rings is 1.